The summed E-state index contributed by atoms with van der Waals surface area (Å²) < 4.78 is 33.0. The summed E-state index contributed by atoms with van der Waals surface area (Å²) in [5, 5.41) is 17.5. The van der Waals surface area contributed by atoms with Crippen molar-refractivity contribution in [3.8, 4) is 0 Å². The summed E-state index contributed by atoms with van der Waals surface area (Å²) in [6.45, 7) is 3.68. The van der Waals surface area contributed by atoms with Crippen LogP contribution in [0.1, 0.15) is 77.4 Å². The first-order chi connectivity index (χ1) is 22.5. The van der Waals surface area contributed by atoms with E-state index in [-0.39, 0.29) is 40.8 Å². The van der Waals surface area contributed by atoms with Gasteiger partial charge in [0, 0.05) is 30.8 Å². The second-order valence-corrected chi connectivity index (χ2v) is 14.4. The molecule has 0 bridgehead atoms. The lowest BCUT2D eigenvalue weighted by Gasteiger charge is -2.37. The standard InChI is InChI=1S/C36H48N4O6S/c1-5-47(44,45)39-30-21-28(35(42)37-25(2)27-15-10-7-11-16-27)20-29(22-30)36(43)38-33(19-26-13-8-6-9-14-26)34(41)24-40(3)31-17-12-18-32(23-31)46-4/h6-11,13-16,20-22,25,31-34,39,41H,5,12,17-19,23-24H2,1-4H3,(H,37,42)(H,38,43)/t25-,31?,32?,33+,34-/m1/s1. The third kappa shape index (κ3) is 10.6. The molecule has 3 aromatic rings. The van der Waals surface area contributed by atoms with Crippen LogP contribution in [0, 0.1) is 0 Å². The van der Waals surface area contributed by atoms with Crippen molar-refractivity contribution in [2.24, 2.45) is 0 Å². The lowest BCUT2D eigenvalue weighted by Crippen LogP contribution is -2.51. The molecule has 4 N–H and O–H groups in total. The number of sulfonamides is 1. The second-order valence-electron chi connectivity index (χ2n) is 12.4. The topological polar surface area (TPSA) is 137 Å². The van der Waals surface area contributed by atoms with Gasteiger partial charge in [0.15, 0.2) is 0 Å². The Morgan fingerprint density at radius 3 is 2.19 bits per heavy atom. The number of ether oxygens (including phenoxy) is 1. The molecule has 0 heterocycles. The number of hydrogen-bond donors (Lipinski definition) is 4. The van der Waals surface area contributed by atoms with E-state index in [9.17, 15) is 23.1 Å². The molecule has 5 atom stereocenters. The lowest BCUT2D eigenvalue weighted by molar-refractivity contribution is 0.0155. The third-order valence-electron chi connectivity index (χ3n) is 8.87. The highest BCUT2D eigenvalue weighted by Gasteiger charge is 2.29. The zero-order valence-corrected chi connectivity index (χ0v) is 28.5. The molecule has 0 aromatic heterocycles. The van der Waals surface area contributed by atoms with Gasteiger partial charge in [-0.1, -0.05) is 60.7 Å². The Hall–Kier alpha value is -3.77. The zero-order valence-electron chi connectivity index (χ0n) is 27.7. The summed E-state index contributed by atoms with van der Waals surface area (Å²) in [6.07, 6.45) is 3.60. The fraction of sp³-hybridized carbons (Fsp3) is 0.444. The number of anilines is 1. The molecule has 0 spiro atoms. The number of methoxy groups -OCH3 is 1. The van der Waals surface area contributed by atoms with Crippen molar-refractivity contribution < 1.29 is 27.9 Å². The van der Waals surface area contributed by atoms with Crippen LogP contribution in [-0.2, 0) is 21.2 Å². The second kappa shape index (κ2) is 16.9. The van der Waals surface area contributed by atoms with Crippen molar-refractivity contribution in [1.82, 2.24) is 15.5 Å². The summed E-state index contributed by atoms with van der Waals surface area (Å²) in [5.41, 5.74) is 2.15. The van der Waals surface area contributed by atoms with Crippen molar-refractivity contribution in [3.63, 3.8) is 0 Å². The molecule has 3 aromatic carbocycles. The molecular formula is C36H48N4O6S. The van der Waals surface area contributed by atoms with Crippen LogP contribution < -0.4 is 15.4 Å². The van der Waals surface area contributed by atoms with E-state index >= 15 is 0 Å². The maximum atomic E-state index is 13.9. The smallest absolute Gasteiger partial charge is 0.251 e. The van der Waals surface area contributed by atoms with Crippen LogP contribution in [0.3, 0.4) is 0 Å². The van der Waals surface area contributed by atoms with Gasteiger partial charge in [0.1, 0.15) is 0 Å². The molecule has 1 aliphatic rings. The maximum Gasteiger partial charge on any atom is 0.251 e. The molecule has 254 valence electrons. The third-order valence-corrected chi connectivity index (χ3v) is 10.2. The van der Waals surface area contributed by atoms with E-state index in [1.807, 2.05) is 74.6 Å². The lowest BCUT2D eigenvalue weighted by atomic mass is 9.91. The Balaban J connectivity index is 1.58. The molecular weight excluding hydrogens is 616 g/mol. The van der Waals surface area contributed by atoms with Crippen molar-refractivity contribution in [2.75, 3.05) is 31.2 Å². The molecule has 0 aliphatic heterocycles. The SMILES string of the molecule is CCS(=O)(=O)Nc1cc(C(=O)N[C@@H](Cc2ccccc2)[C@H](O)CN(C)C2CCCC(OC)C2)cc(C(=O)N[C@H](C)c2ccccc2)c1. The van der Waals surface area contributed by atoms with Gasteiger partial charge < -0.3 is 25.4 Å². The highest BCUT2D eigenvalue weighted by atomic mass is 32.2. The van der Waals surface area contributed by atoms with Crippen molar-refractivity contribution in [3.05, 3.63) is 101 Å². The fourth-order valence-corrected chi connectivity index (χ4v) is 6.64. The van der Waals surface area contributed by atoms with Crippen LogP contribution in [0.4, 0.5) is 5.69 Å². The number of aliphatic hydroxyl groups is 1. The Kier molecular flexibility index (Phi) is 12.9. The number of rotatable bonds is 15. The van der Waals surface area contributed by atoms with Crippen LogP contribution in [0.5, 0.6) is 0 Å². The Labute approximate surface area is 279 Å². The van der Waals surface area contributed by atoms with Gasteiger partial charge >= 0.3 is 0 Å². The highest BCUT2D eigenvalue weighted by molar-refractivity contribution is 7.92. The molecule has 4 rings (SSSR count). The van der Waals surface area contributed by atoms with Gasteiger partial charge in [0.2, 0.25) is 10.0 Å². The number of carbonyl (C=O) groups is 2. The predicted octanol–water partition coefficient (Wildman–Crippen LogP) is 4.53. The fourth-order valence-electron chi connectivity index (χ4n) is 6.01. The molecule has 11 heteroatoms. The molecule has 1 fully saturated rings. The maximum absolute atomic E-state index is 13.9. The van der Waals surface area contributed by atoms with Crippen LogP contribution in [-0.4, -0.2) is 81.0 Å². The first kappa shape index (κ1) is 36.1. The Bertz CT molecular complexity index is 1570. The first-order valence-electron chi connectivity index (χ1n) is 16.2. The van der Waals surface area contributed by atoms with E-state index in [4.69, 9.17) is 4.74 Å². The number of amides is 2. The minimum atomic E-state index is -3.70. The van der Waals surface area contributed by atoms with Crippen molar-refractivity contribution in [2.45, 2.75) is 76.3 Å². The number of benzene rings is 3. The van der Waals surface area contributed by atoms with Crippen molar-refractivity contribution >= 4 is 27.5 Å². The summed E-state index contributed by atoms with van der Waals surface area (Å²) in [5.74, 6) is -1.18. The minimum absolute atomic E-state index is 0.0904. The molecule has 2 unspecified atom stereocenters. The summed E-state index contributed by atoms with van der Waals surface area (Å²) >= 11 is 0. The number of aliphatic hydroxyl groups excluding tert-OH is 1. The number of carbonyl (C=O) groups excluding carboxylic acids is 2. The highest BCUT2D eigenvalue weighted by Crippen LogP contribution is 2.25. The molecule has 1 aliphatic carbocycles. The molecule has 47 heavy (non-hydrogen) atoms. The van der Waals surface area contributed by atoms with Crippen LogP contribution in [0.25, 0.3) is 0 Å². The normalized spacial score (nSPS) is 18.6. The van der Waals surface area contributed by atoms with Crippen LogP contribution >= 0.6 is 0 Å². The van der Waals surface area contributed by atoms with E-state index in [2.05, 4.69) is 20.3 Å². The molecule has 1 saturated carbocycles. The minimum Gasteiger partial charge on any atom is -0.390 e. The number of likely N-dealkylation sites (N-methyl/N-ethyl adjacent to an activating group) is 1. The molecule has 2 amide bonds. The average Bonchev–Trinajstić information content (AvgIpc) is 3.08. The Morgan fingerprint density at radius 2 is 1.57 bits per heavy atom. The predicted molar refractivity (Wildman–Crippen MR) is 185 cm³/mol. The van der Waals surface area contributed by atoms with E-state index in [1.165, 1.54) is 25.1 Å². The number of hydrogen-bond acceptors (Lipinski definition) is 7. The zero-order chi connectivity index (χ0) is 34.0. The summed E-state index contributed by atoms with van der Waals surface area (Å²) in [7, 11) is 0.0159. The summed E-state index contributed by atoms with van der Waals surface area (Å²) in [4.78, 5) is 29.4. The Morgan fingerprint density at radius 1 is 0.957 bits per heavy atom. The van der Waals surface area contributed by atoms with Crippen LogP contribution in [0.15, 0.2) is 78.9 Å². The van der Waals surface area contributed by atoms with Gasteiger partial charge in [-0.05, 0) is 82.3 Å². The molecule has 10 nitrogen and oxygen atoms in total. The van der Waals surface area contributed by atoms with Gasteiger partial charge in [0.05, 0.1) is 35.7 Å². The van der Waals surface area contributed by atoms with E-state index < -0.39 is 34.0 Å². The quantitative estimate of drug-likeness (QED) is 0.187. The number of nitrogens with zero attached hydrogens (tertiary/aromatic N) is 1. The average molecular weight is 665 g/mol. The first-order valence-corrected chi connectivity index (χ1v) is 17.9. The van der Waals surface area contributed by atoms with Gasteiger partial charge in [-0.2, -0.15) is 0 Å². The largest absolute Gasteiger partial charge is 0.390 e. The van der Waals surface area contributed by atoms with E-state index in [1.54, 1.807) is 7.11 Å². The summed E-state index contributed by atoms with van der Waals surface area (Å²) in [6, 6.07) is 22.6. The van der Waals surface area contributed by atoms with Gasteiger partial charge in [0.25, 0.3) is 11.8 Å². The van der Waals surface area contributed by atoms with E-state index in [0.29, 0.717) is 13.0 Å². The van der Waals surface area contributed by atoms with Gasteiger partial charge in [-0.25, -0.2) is 8.42 Å². The van der Waals surface area contributed by atoms with Crippen molar-refractivity contribution in [1.29, 1.82) is 0 Å². The molecule has 0 radical (unpaired) electrons. The monoisotopic (exact) mass is 664 g/mol. The van der Waals surface area contributed by atoms with E-state index in [0.717, 1.165) is 36.8 Å². The molecule has 0 saturated heterocycles. The van der Waals surface area contributed by atoms with Gasteiger partial charge in [-0.15, -0.1) is 0 Å². The number of nitrogens with one attached hydrogen (secondary N) is 3. The van der Waals surface area contributed by atoms with Crippen LogP contribution in [0.2, 0.25) is 0 Å². The van der Waals surface area contributed by atoms with Gasteiger partial charge in [-0.3, -0.25) is 14.3 Å².